The number of aromatic amines is 1. The van der Waals surface area contributed by atoms with Gasteiger partial charge in [0.25, 0.3) is 5.56 Å². The van der Waals surface area contributed by atoms with Crippen LogP contribution in [0.25, 0.3) is 0 Å². The number of esters is 1. The van der Waals surface area contributed by atoms with Crippen molar-refractivity contribution in [3.05, 3.63) is 128 Å². The van der Waals surface area contributed by atoms with Crippen LogP contribution in [-0.4, -0.2) is 65.4 Å². The molecule has 0 unspecified atom stereocenters. The summed E-state index contributed by atoms with van der Waals surface area (Å²) < 4.78 is 31.3. The number of ketones is 1. The van der Waals surface area contributed by atoms with Crippen molar-refractivity contribution in [2.24, 2.45) is 0 Å². The lowest BCUT2D eigenvalue weighted by molar-refractivity contribution is -0.156. The van der Waals surface area contributed by atoms with Crippen molar-refractivity contribution in [2.45, 2.75) is 63.1 Å². The Balaban J connectivity index is 1.50. The van der Waals surface area contributed by atoms with Crippen LogP contribution in [0.2, 0.25) is 0 Å². The zero-order chi connectivity index (χ0) is 36.5. The van der Waals surface area contributed by atoms with Crippen LogP contribution >= 0.6 is 0 Å². The fraction of sp³-hybridized carbons (Fsp3) is 0.342. The third-order valence-corrected chi connectivity index (χ3v) is 8.78. The summed E-state index contributed by atoms with van der Waals surface area (Å²) in [6, 6.07) is 24.5. The average molecular weight is 701 g/mol. The van der Waals surface area contributed by atoms with Crippen molar-refractivity contribution >= 4 is 17.7 Å². The third-order valence-electron chi connectivity index (χ3n) is 8.78. The molecule has 13 nitrogen and oxygen atoms in total. The Hall–Kier alpha value is -5.53. The smallest absolute Gasteiger partial charge is 0.330 e. The molecule has 3 atom stereocenters. The van der Waals surface area contributed by atoms with Gasteiger partial charge in [-0.15, -0.1) is 0 Å². The van der Waals surface area contributed by atoms with Gasteiger partial charge in [0.15, 0.2) is 0 Å². The maximum Gasteiger partial charge on any atom is 0.330 e. The highest BCUT2D eigenvalue weighted by Gasteiger charge is 2.44. The Morgan fingerprint density at radius 3 is 1.98 bits per heavy atom. The Labute approximate surface area is 293 Å². The van der Waals surface area contributed by atoms with Gasteiger partial charge in [0.05, 0.1) is 33.7 Å². The van der Waals surface area contributed by atoms with Crippen LogP contribution in [0, 0.1) is 6.92 Å². The maximum atomic E-state index is 13.1. The Kier molecular flexibility index (Phi) is 11.9. The van der Waals surface area contributed by atoms with Crippen LogP contribution in [0.4, 0.5) is 0 Å². The lowest BCUT2D eigenvalue weighted by Gasteiger charge is -2.37. The van der Waals surface area contributed by atoms with E-state index in [0.717, 1.165) is 16.7 Å². The van der Waals surface area contributed by atoms with Gasteiger partial charge in [-0.2, -0.15) is 0 Å². The van der Waals surface area contributed by atoms with Crippen LogP contribution in [0.1, 0.15) is 60.6 Å². The summed E-state index contributed by atoms with van der Waals surface area (Å²) in [5.74, 6) is -0.884. The normalized spacial score (nSPS) is 17.1. The summed E-state index contributed by atoms with van der Waals surface area (Å²) in [5.41, 5.74) is 0.143. The molecule has 268 valence electrons. The van der Waals surface area contributed by atoms with Gasteiger partial charge in [0, 0.05) is 31.0 Å². The quantitative estimate of drug-likeness (QED) is 0.126. The lowest BCUT2D eigenvalue weighted by Crippen LogP contribution is -2.39. The SMILES string of the molecule is COc1ccc(C(OC[C@H]2O[C@@H](n3cc(C)c(=O)[nH]c3=O)C[C@@H]2OC(=O)CCC(=O)CCC(=O)O)(c2ccccc2)c2ccc(OC)cc2)cc1. The fourth-order valence-electron chi connectivity index (χ4n) is 6.07. The molecule has 0 spiro atoms. The second kappa shape index (κ2) is 16.5. The number of Topliss-reactive ketones (excluding diaryl/α,β-unsaturated/α-hetero) is 1. The number of nitrogens with zero attached hydrogens (tertiary/aromatic N) is 1. The Morgan fingerprint density at radius 2 is 1.41 bits per heavy atom. The lowest BCUT2D eigenvalue weighted by atomic mass is 9.80. The number of hydrogen-bond donors (Lipinski definition) is 2. The van der Waals surface area contributed by atoms with E-state index >= 15 is 0 Å². The van der Waals surface area contributed by atoms with Crippen LogP contribution in [0.5, 0.6) is 11.5 Å². The molecular weight excluding hydrogens is 660 g/mol. The number of rotatable bonds is 16. The van der Waals surface area contributed by atoms with Gasteiger partial charge >= 0.3 is 17.6 Å². The van der Waals surface area contributed by atoms with E-state index in [0.29, 0.717) is 11.5 Å². The molecular formula is C38H40N2O11. The summed E-state index contributed by atoms with van der Waals surface area (Å²) in [5, 5.41) is 8.88. The molecule has 3 aromatic carbocycles. The number of ether oxygens (including phenoxy) is 5. The number of hydrogen-bond acceptors (Lipinski definition) is 10. The van der Waals surface area contributed by atoms with Gasteiger partial charge in [-0.3, -0.25) is 28.7 Å². The number of carboxylic acids is 1. The standard InChI is InChI=1S/C38H40N2O11/c1-24-22-40(37(46)39-36(24)45)33-21-31(51-35(44)20-14-28(41)13-19-34(42)43)32(50-33)23-49-38(25-7-5-4-6-8-25,26-9-15-29(47-2)16-10-26)27-11-17-30(48-3)18-12-27/h4-12,15-18,22,31-33H,13-14,19-21,23H2,1-3H3,(H,42,43)(H,39,45,46)/t31-,32+,33+/m0/s1. The molecule has 0 amide bonds. The summed E-state index contributed by atoms with van der Waals surface area (Å²) in [4.78, 5) is 63.4. The highest BCUT2D eigenvalue weighted by molar-refractivity contribution is 5.85. The largest absolute Gasteiger partial charge is 0.497 e. The molecule has 0 saturated carbocycles. The molecule has 1 fully saturated rings. The van der Waals surface area contributed by atoms with E-state index in [2.05, 4.69) is 4.98 Å². The van der Waals surface area contributed by atoms with Gasteiger partial charge < -0.3 is 28.8 Å². The predicted molar refractivity (Wildman–Crippen MR) is 184 cm³/mol. The minimum atomic E-state index is -1.22. The van der Waals surface area contributed by atoms with Gasteiger partial charge in [-0.05, 0) is 47.9 Å². The molecule has 2 heterocycles. The molecule has 1 aromatic heterocycles. The maximum absolute atomic E-state index is 13.1. The third kappa shape index (κ3) is 8.62. The number of carbonyl (C=O) groups is 3. The average Bonchev–Trinajstić information content (AvgIpc) is 3.54. The summed E-state index contributed by atoms with van der Waals surface area (Å²) in [6.07, 6.45) is -2.29. The van der Waals surface area contributed by atoms with Crippen molar-refractivity contribution in [1.82, 2.24) is 9.55 Å². The van der Waals surface area contributed by atoms with Crippen molar-refractivity contribution in [3.63, 3.8) is 0 Å². The molecule has 13 heteroatoms. The number of H-pyrrole nitrogens is 1. The first-order valence-corrected chi connectivity index (χ1v) is 16.4. The van der Waals surface area contributed by atoms with Crippen LogP contribution < -0.4 is 20.7 Å². The molecule has 5 rings (SSSR count). The number of aromatic nitrogens is 2. The number of carbonyl (C=O) groups excluding carboxylic acids is 2. The van der Waals surface area contributed by atoms with Gasteiger partial charge in [-0.1, -0.05) is 54.6 Å². The predicted octanol–water partition coefficient (Wildman–Crippen LogP) is 4.28. The number of methoxy groups -OCH3 is 2. The van der Waals surface area contributed by atoms with Crippen LogP contribution in [0.15, 0.2) is 94.6 Å². The minimum absolute atomic E-state index is 0.0432. The van der Waals surface area contributed by atoms with E-state index in [1.54, 1.807) is 21.1 Å². The first-order valence-electron chi connectivity index (χ1n) is 16.4. The van der Waals surface area contributed by atoms with Crippen LogP contribution in [0.3, 0.4) is 0 Å². The number of carboxylic acid groups (broad SMARTS) is 1. The molecule has 0 radical (unpaired) electrons. The summed E-state index contributed by atoms with van der Waals surface area (Å²) >= 11 is 0. The highest BCUT2D eigenvalue weighted by Crippen LogP contribution is 2.43. The second-order valence-electron chi connectivity index (χ2n) is 12.1. The Morgan fingerprint density at radius 1 is 0.843 bits per heavy atom. The van der Waals surface area contributed by atoms with Crippen molar-refractivity contribution in [3.8, 4) is 11.5 Å². The van der Waals surface area contributed by atoms with Gasteiger partial charge in [0.1, 0.15) is 41.3 Å². The molecule has 51 heavy (non-hydrogen) atoms. The van der Waals surface area contributed by atoms with Crippen molar-refractivity contribution in [2.75, 3.05) is 20.8 Å². The van der Waals surface area contributed by atoms with Crippen molar-refractivity contribution < 1.29 is 43.2 Å². The molecule has 0 bridgehead atoms. The number of aliphatic carboxylic acids is 1. The number of nitrogens with one attached hydrogen (secondary N) is 1. The van der Waals surface area contributed by atoms with E-state index in [-0.39, 0.29) is 50.1 Å². The monoisotopic (exact) mass is 700 g/mol. The minimum Gasteiger partial charge on any atom is -0.497 e. The highest BCUT2D eigenvalue weighted by atomic mass is 16.6. The van der Waals surface area contributed by atoms with E-state index in [1.165, 1.54) is 10.8 Å². The van der Waals surface area contributed by atoms with Crippen molar-refractivity contribution in [1.29, 1.82) is 0 Å². The molecule has 1 aliphatic heterocycles. The van der Waals surface area contributed by atoms with E-state index < -0.39 is 47.2 Å². The number of benzene rings is 3. The number of aryl methyl sites for hydroxylation is 1. The molecule has 1 aliphatic rings. The fourth-order valence-corrected chi connectivity index (χ4v) is 6.07. The summed E-state index contributed by atoms with van der Waals surface area (Å²) in [7, 11) is 3.16. The van der Waals surface area contributed by atoms with Crippen LogP contribution in [-0.2, 0) is 34.2 Å². The first-order chi connectivity index (χ1) is 24.5. The van der Waals surface area contributed by atoms with E-state index in [9.17, 15) is 24.0 Å². The topological polar surface area (TPSA) is 172 Å². The Bertz CT molecular complexity index is 1890. The van der Waals surface area contributed by atoms with E-state index in [1.807, 2.05) is 78.9 Å². The molecule has 2 N–H and O–H groups in total. The molecule has 0 aliphatic carbocycles. The zero-order valence-electron chi connectivity index (χ0n) is 28.5. The second-order valence-corrected chi connectivity index (χ2v) is 12.1. The molecule has 4 aromatic rings. The zero-order valence-corrected chi connectivity index (χ0v) is 28.5. The van der Waals surface area contributed by atoms with Gasteiger partial charge in [0.2, 0.25) is 0 Å². The first kappa shape index (κ1) is 36.7. The van der Waals surface area contributed by atoms with E-state index in [4.69, 9.17) is 28.8 Å². The summed E-state index contributed by atoms with van der Waals surface area (Å²) in [6.45, 7) is 1.43. The molecule has 1 saturated heterocycles. The van der Waals surface area contributed by atoms with Gasteiger partial charge in [-0.25, -0.2) is 4.79 Å².